The van der Waals surface area contributed by atoms with Gasteiger partial charge in [0.25, 0.3) is 0 Å². The third kappa shape index (κ3) is 5.76. The number of benzene rings is 8. The summed E-state index contributed by atoms with van der Waals surface area (Å²) in [4.78, 5) is 5.54. The van der Waals surface area contributed by atoms with Crippen molar-refractivity contribution in [3.63, 3.8) is 0 Å². The van der Waals surface area contributed by atoms with Gasteiger partial charge in [0.2, 0.25) is 0 Å². The average molecular weight is 848 g/mol. The van der Waals surface area contributed by atoms with Crippen molar-refractivity contribution in [2.24, 2.45) is 0 Å². The smallest absolute Gasteiger partial charge is 0.0803 e. The monoisotopic (exact) mass is 847 g/mol. The second-order valence-corrected chi connectivity index (χ2v) is 18.5. The van der Waals surface area contributed by atoms with Gasteiger partial charge in [-0.1, -0.05) is 154 Å². The Labute approximate surface area is 382 Å². The van der Waals surface area contributed by atoms with Crippen molar-refractivity contribution < 1.29 is 0 Å². The molecule has 0 bridgehead atoms. The molecule has 0 unspecified atom stereocenters. The van der Waals surface area contributed by atoms with Gasteiger partial charge >= 0.3 is 0 Å². The molecule has 0 fully saturated rings. The highest BCUT2D eigenvalue weighted by Crippen LogP contribution is 2.43. The van der Waals surface area contributed by atoms with Gasteiger partial charge in [-0.15, -0.1) is 0 Å². The number of hydrogen-bond acceptors (Lipinski definition) is 1. The maximum absolute atomic E-state index is 5.54. The van der Waals surface area contributed by atoms with E-state index in [0.29, 0.717) is 0 Å². The number of rotatable bonds is 6. The molecule has 0 N–H and O–H groups in total. The summed E-state index contributed by atoms with van der Waals surface area (Å²) in [5.41, 5.74) is 19.1. The van der Waals surface area contributed by atoms with Crippen molar-refractivity contribution >= 4 is 65.7 Å². The van der Waals surface area contributed by atoms with Crippen LogP contribution in [0.2, 0.25) is 0 Å². The van der Waals surface area contributed by atoms with Crippen LogP contribution >= 0.6 is 0 Å². The normalized spacial score (nSPS) is 12.2. The van der Waals surface area contributed by atoms with Gasteiger partial charge in [-0.2, -0.15) is 0 Å². The number of aromatic nitrogens is 5. The highest BCUT2D eigenvalue weighted by atomic mass is 15.1. The van der Waals surface area contributed by atoms with E-state index in [9.17, 15) is 0 Å². The molecule has 5 nitrogen and oxygen atoms in total. The van der Waals surface area contributed by atoms with Crippen LogP contribution in [0.1, 0.15) is 26.3 Å². The van der Waals surface area contributed by atoms with E-state index in [-0.39, 0.29) is 5.41 Å². The Hall–Kier alpha value is -8.41. The van der Waals surface area contributed by atoms with Crippen LogP contribution in [-0.4, -0.2) is 23.3 Å². The van der Waals surface area contributed by atoms with Crippen molar-refractivity contribution in [1.82, 2.24) is 23.3 Å². The van der Waals surface area contributed by atoms with Crippen LogP contribution in [-0.2, 0) is 5.41 Å². The van der Waals surface area contributed by atoms with E-state index in [0.717, 1.165) is 45.3 Å². The van der Waals surface area contributed by atoms with Crippen molar-refractivity contribution in [1.29, 1.82) is 0 Å². The van der Waals surface area contributed by atoms with E-state index in [2.05, 4.69) is 257 Å². The lowest BCUT2D eigenvalue weighted by molar-refractivity contribution is 0.590. The lowest BCUT2D eigenvalue weighted by Gasteiger charge is -2.21. The second kappa shape index (κ2) is 14.6. The van der Waals surface area contributed by atoms with Crippen LogP contribution in [0.15, 0.2) is 218 Å². The number of para-hydroxylation sites is 6. The van der Waals surface area contributed by atoms with E-state index >= 15 is 0 Å². The second-order valence-electron chi connectivity index (χ2n) is 18.5. The minimum absolute atomic E-state index is 0.119. The zero-order chi connectivity index (χ0) is 44.1. The Morgan fingerprint density at radius 1 is 0.303 bits per heavy atom. The van der Waals surface area contributed by atoms with Crippen LogP contribution in [0.3, 0.4) is 0 Å². The summed E-state index contributed by atoms with van der Waals surface area (Å²) in [6.45, 7) is 6.87. The molecular weight excluding hydrogens is 803 g/mol. The van der Waals surface area contributed by atoms with Crippen molar-refractivity contribution in [2.75, 3.05) is 0 Å². The molecule has 0 radical (unpaired) electrons. The molecular formula is C61H45N5. The largest absolute Gasteiger partial charge is 0.307 e. The quantitative estimate of drug-likeness (QED) is 0.164. The van der Waals surface area contributed by atoms with Crippen LogP contribution in [0.4, 0.5) is 0 Å². The fourth-order valence-corrected chi connectivity index (χ4v) is 10.5. The predicted molar refractivity (Wildman–Crippen MR) is 276 cm³/mol. The number of fused-ring (bicyclic) bond motifs is 10. The Balaban J connectivity index is 0.997. The van der Waals surface area contributed by atoms with Crippen molar-refractivity contribution in [3.8, 4) is 45.3 Å². The van der Waals surface area contributed by atoms with E-state index in [1.807, 2.05) is 0 Å². The highest BCUT2D eigenvalue weighted by Gasteiger charge is 2.25. The fourth-order valence-electron chi connectivity index (χ4n) is 10.5. The fraction of sp³-hybridized carbons (Fsp3) is 0.0656. The summed E-state index contributed by atoms with van der Waals surface area (Å²) in [6, 6.07) is 79.1. The third-order valence-corrected chi connectivity index (χ3v) is 13.5. The molecule has 0 saturated carbocycles. The first-order valence-electron chi connectivity index (χ1n) is 22.8. The Morgan fingerprint density at radius 3 is 0.955 bits per heavy atom. The molecule has 5 heterocycles. The first-order chi connectivity index (χ1) is 32.4. The first-order valence-corrected chi connectivity index (χ1v) is 22.8. The lowest BCUT2D eigenvalue weighted by Crippen LogP contribution is -2.12. The van der Waals surface area contributed by atoms with Gasteiger partial charge in [-0.3, -0.25) is 0 Å². The predicted octanol–water partition coefficient (Wildman–Crippen LogP) is 15.8. The Kier molecular flexibility index (Phi) is 8.40. The van der Waals surface area contributed by atoms with E-state index in [4.69, 9.17) is 4.98 Å². The Bertz CT molecular complexity index is 3760. The topological polar surface area (TPSA) is 32.6 Å². The highest BCUT2D eigenvalue weighted by molar-refractivity contribution is 6.21. The van der Waals surface area contributed by atoms with Crippen molar-refractivity contribution in [2.45, 2.75) is 26.2 Å². The first kappa shape index (κ1) is 38.1. The molecule has 0 spiro atoms. The molecule has 66 heavy (non-hydrogen) atoms. The van der Waals surface area contributed by atoms with Crippen molar-refractivity contribution in [3.05, 3.63) is 224 Å². The van der Waals surface area contributed by atoms with Gasteiger partial charge in [0.15, 0.2) is 0 Å². The van der Waals surface area contributed by atoms with Crippen LogP contribution in [0.5, 0.6) is 0 Å². The van der Waals surface area contributed by atoms with E-state index in [1.165, 1.54) is 71.2 Å². The van der Waals surface area contributed by atoms with E-state index in [1.54, 1.807) is 0 Å². The minimum atomic E-state index is -0.119. The van der Waals surface area contributed by atoms with Crippen LogP contribution < -0.4 is 0 Å². The number of pyridine rings is 1. The molecule has 0 aliphatic rings. The molecule has 8 aromatic carbocycles. The molecule has 5 heteroatoms. The average Bonchev–Trinajstić information content (AvgIpc) is 4.09. The molecule has 0 atom stereocenters. The van der Waals surface area contributed by atoms with Gasteiger partial charge in [0.1, 0.15) is 0 Å². The van der Waals surface area contributed by atoms with Gasteiger partial charge in [0, 0.05) is 55.4 Å². The summed E-state index contributed by atoms with van der Waals surface area (Å²) >= 11 is 0. The van der Waals surface area contributed by atoms with Gasteiger partial charge in [-0.25, -0.2) is 4.98 Å². The summed E-state index contributed by atoms with van der Waals surface area (Å²) in [6.07, 6.45) is 0. The minimum Gasteiger partial charge on any atom is -0.307 e. The molecule has 5 aromatic heterocycles. The summed E-state index contributed by atoms with van der Waals surface area (Å²) in [7, 11) is 0. The third-order valence-electron chi connectivity index (χ3n) is 13.5. The SMILES string of the molecule is CC(C)(C)c1cc(-c2cccc(-n3c4ccccc4c4c3c3ccccc3n4-c3ccccc3)c2)nc(-c2cccc(-n3c4ccccc4c4c3c3ccccc3n4-c3ccccc3)c2)c1. The molecule has 0 aliphatic heterocycles. The zero-order valence-electron chi connectivity index (χ0n) is 37.0. The van der Waals surface area contributed by atoms with Crippen LogP contribution in [0, 0.1) is 0 Å². The summed E-state index contributed by atoms with van der Waals surface area (Å²) in [5.74, 6) is 0. The van der Waals surface area contributed by atoms with Gasteiger partial charge in [-0.05, 0) is 95.9 Å². The zero-order valence-corrected chi connectivity index (χ0v) is 37.0. The molecule has 13 aromatic rings. The summed E-state index contributed by atoms with van der Waals surface area (Å²) < 4.78 is 9.74. The lowest BCUT2D eigenvalue weighted by atomic mass is 9.85. The molecule has 314 valence electrons. The maximum Gasteiger partial charge on any atom is 0.0803 e. The molecule has 0 amide bonds. The number of nitrogens with zero attached hydrogens (tertiary/aromatic N) is 5. The van der Waals surface area contributed by atoms with Gasteiger partial charge in [0.05, 0.1) is 55.5 Å². The van der Waals surface area contributed by atoms with Gasteiger partial charge < -0.3 is 18.3 Å². The number of hydrogen-bond donors (Lipinski definition) is 0. The Morgan fingerprint density at radius 2 is 0.606 bits per heavy atom. The van der Waals surface area contributed by atoms with E-state index < -0.39 is 0 Å². The molecule has 0 aliphatic carbocycles. The summed E-state index contributed by atoms with van der Waals surface area (Å²) in [5, 5.41) is 4.85. The maximum atomic E-state index is 5.54. The molecule has 13 rings (SSSR count). The standard InChI is InChI=1S/C61H45N5/c1-61(2,3)42-38-51(40-20-18-26-45(36-40)65-55-34-16-12-30-49(55)57-59(65)47-28-10-14-32-53(47)63(57)43-22-6-4-7-23-43)62-52(39-42)41-21-19-27-46(37-41)66-56-35-17-13-31-50(56)58-60(66)48-29-11-15-33-54(48)64(58)44-24-8-5-9-25-44/h4-39H,1-3H3. The molecule has 0 saturated heterocycles. The van der Waals surface area contributed by atoms with Crippen LogP contribution in [0.25, 0.3) is 111 Å².